The standard InChI is InChI=1S/C5H14NO.H2O3/c1-6(2,3)4-5-7;1-3-2/h7H,4-5H2,1-3H3;1-2H/q+1;. The summed E-state index contributed by atoms with van der Waals surface area (Å²) in [5.41, 5.74) is 0. The van der Waals surface area contributed by atoms with Crippen LogP contribution in [0.2, 0.25) is 0 Å². The Morgan fingerprint density at radius 3 is 1.50 bits per heavy atom. The molecule has 0 bridgehead atoms. The van der Waals surface area contributed by atoms with Crippen molar-refractivity contribution in [3.63, 3.8) is 0 Å². The maximum atomic E-state index is 8.39. The summed E-state index contributed by atoms with van der Waals surface area (Å²) in [7, 11) is 6.16. The van der Waals surface area contributed by atoms with Crippen LogP contribution in [0.3, 0.4) is 0 Å². The molecule has 0 saturated heterocycles. The Labute approximate surface area is 60.5 Å². The van der Waals surface area contributed by atoms with Crippen LogP contribution < -0.4 is 0 Å². The summed E-state index contributed by atoms with van der Waals surface area (Å²) in [4.78, 5) is 0. The van der Waals surface area contributed by atoms with E-state index in [1.165, 1.54) is 0 Å². The van der Waals surface area contributed by atoms with Crippen LogP contribution in [0, 0.1) is 0 Å². The molecule has 0 radical (unpaired) electrons. The molecule has 0 aromatic heterocycles. The molecule has 0 atom stereocenters. The van der Waals surface area contributed by atoms with Crippen LogP contribution in [0.1, 0.15) is 0 Å². The van der Waals surface area contributed by atoms with Crippen LogP contribution in [0.25, 0.3) is 0 Å². The topological polar surface area (TPSA) is 69.9 Å². The minimum absolute atomic E-state index is 0.281. The highest BCUT2D eigenvalue weighted by atomic mass is 17.4. The zero-order valence-corrected chi connectivity index (χ0v) is 6.61. The van der Waals surface area contributed by atoms with Crippen molar-refractivity contribution >= 4 is 0 Å². The van der Waals surface area contributed by atoms with Gasteiger partial charge in [-0.05, 0) is 0 Å². The number of aliphatic hydroxyl groups excluding tert-OH is 1. The van der Waals surface area contributed by atoms with Gasteiger partial charge in [-0.2, -0.15) is 0 Å². The third-order valence-electron chi connectivity index (χ3n) is 0.771. The van der Waals surface area contributed by atoms with Crippen LogP contribution in [-0.2, 0) is 5.04 Å². The van der Waals surface area contributed by atoms with E-state index in [4.69, 9.17) is 15.6 Å². The SMILES string of the molecule is C[N+](C)(C)CCO.OOO. The Hall–Kier alpha value is -0.200. The molecule has 3 N–H and O–H groups in total. The van der Waals surface area contributed by atoms with Gasteiger partial charge >= 0.3 is 0 Å². The molecule has 0 fully saturated rings. The van der Waals surface area contributed by atoms with Crippen molar-refractivity contribution in [2.75, 3.05) is 34.3 Å². The average Bonchev–Trinajstić information content (AvgIpc) is 1.63. The fourth-order valence-electron chi connectivity index (χ4n) is 0.300. The minimum atomic E-state index is 0.281. The molecule has 0 heterocycles. The molecular weight excluding hydrogens is 138 g/mol. The van der Waals surface area contributed by atoms with Crippen molar-refractivity contribution in [1.82, 2.24) is 0 Å². The fourth-order valence-corrected chi connectivity index (χ4v) is 0.300. The van der Waals surface area contributed by atoms with Crippen LogP contribution >= 0.6 is 0 Å². The molecule has 0 amide bonds. The highest BCUT2D eigenvalue weighted by Gasteiger charge is 2.02. The highest BCUT2D eigenvalue weighted by Crippen LogP contribution is 1.84. The lowest BCUT2D eigenvalue weighted by atomic mass is 10.5. The molecule has 0 saturated carbocycles. The van der Waals surface area contributed by atoms with Crippen LogP contribution in [0.4, 0.5) is 0 Å². The normalized spacial score (nSPS) is 10.2. The van der Waals surface area contributed by atoms with E-state index in [0.29, 0.717) is 0 Å². The van der Waals surface area contributed by atoms with E-state index in [-0.39, 0.29) is 6.61 Å². The Balaban J connectivity index is 0. The number of aliphatic hydroxyl groups is 1. The summed E-state index contributed by atoms with van der Waals surface area (Å²) < 4.78 is 0.844. The van der Waals surface area contributed by atoms with Gasteiger partial charge in [0.05, 0.1) is 27.7 Å². The Kier molecular flexibility index (Phi) is 8.62. The predicted octanol–water partition coefficient (Wildman–Crippen LogP) is -0.366. The molecule has 0 unspecified atom stereocenters. The highest BCUT2D eigenvalue weighted by molar-refractivity contribution is 4.19. The van der Waals surface area contributed by atoms with Crippen molar-refractivity contribution in [2.24, 2.45) is 0 Å². The predicted molar refractivity (Wildman–Crippen MR) is 36.3 cm³/mol. The van der Waals surface area contributed by atoms with Gasteiger partial charge in [0.2, 0.25) is 0 Å². The Morgan fingerprint density at radius 2 is 1.50 bits per heavy atom. The van der Waals surface area contributed by atoms with E-state index in [2.05, 4.69) is 26.2 Å². The quantitative estimate of drug-likeness (QED) is 0.288. The largest absolute Gasteiger partial charge is 0.391 e. The van der Waals surface area contributed by atoms with Gasteiger partial charge in [-0.15, -0.1) is 0 Å². The van der Waals surface area contributed by atoms with Gasteiger partial charge in [-0.3, -0.25) is 0 Å². The molecule has 0 aromatic carbocycles. The van der Waals surface area contributed by atoms with Crippen LogP contribution in [0.15, 0.2) is 0 Å². The number of hydrogen-bond acceptors (Lipinski definition) is 4. The first-order valence-corrected chi connectivity index (χ1v) is 2.84. The summed E-state index contributed by atoms with van der Waals surface area (Å²) in [5, 5.41) is 23.9. The van der Waals surface area contributed by atoms with Crippen molar-refractivity contribution in [2.45, 2.75) is 0 Å². The zero-order chi connectivity index (χ0) is 8.62. The van der Waals surface area contributed by atoms with Gasteiger partial charge in [-0.1, -0.05) is 5.04 Å². The van der Waals surface area contributed by atoms with Crippen molar-refractivity contribution in [3.05, 3.63) is 0 Å². The van der Waals surface area contributed by atoms with Crippen LogP contribution in [0.5, 0.6) is 0 Å². The van der Waals surface area contributed by atoms with Gasteiger partial charge in [0.25, 0.3) is 0 Å². The van der Waals surface area contributed by atoms with E-state index in [9.17, 15) is 0 Å². The molecule has 0 spiro atoms. The molecule has 0 aliphatic carbocycles. The van der Waals surface area contributed by atoms with E-state index in [1.807, 2.05) is 0 Å². The molecule has 0 aromatic rings. The van der Waals surface area contributed by atoms with Crippen LogP contribution in [-0.4, -0.2) is 54.4 Å². The lowest BCUT2D eigenvalue weighted by Crippen LogP contribution is -2.36. The molecule has 0 rings (SSSR count). The number of quaternary nitrogens is 1. The van der Waals surface area contributed by atoms with Gasteiger partial charge < -0.3 is 9.59 Å². The zero-order valence-electron chi connectivity index (χ0n) is 6.61. The second-order valence-corrected chi connectivity index (χ2v) is 2.82. The summed E-state index contributed by atoms with van der Waals surface area (Å²) in [6.07, 6.45) is 0. The molecule has 0 aliphatic rings. The fraction of sp³-hybridized carbons (Fsp3) is 1.00. The Bertz CT molecular complexity index is 61.2. The molecule has 5 heteroatoms. The first-order valence-electron chi connectivity index (χ1n) is 2.84. The van der Waals surface area contributed by atoms with Gasteiger partial charge in [-0.25, -0.2) is 10.5 Å². The molecule has 0 aliphatic heterocycles. The maximum Gasteiger partial charge on any atom is 0.101 e. The number of likely N-dealkylation sites (N-methyl/N-ethyl adjacent to an activating group) is 1. The maximum absolute atomic E-state index is 8.39. The van der Waals surface area contributed by atoms with Crippen molar-refractivity contribution < 1.29 is 25.1 Å². The monoisotopic (exact) mass is 154 g/mol. The molecule has 64 valence electrons. The lowest BCUT2D eigenvalue weighted by molar-refractivity contribution is -0.870. The molecular formula is C5H16NO4+. The summed E-state index contributed by atoms with van der Waals surface area (Å²) >= 11 is 0. The van der Waals surface area contributed by atoms with E-state index in [0.717, 1.165) is 11.0 Å². The Morgan fingerprint density at radius 1 is 1.20 bits per heavy atom. The number of hydrogen-bond donors (Lipinski definition) is 3. The van der Waals surface area contributed by atoms with E-state index >= 15 is 0 Å². The smallest absolute Gasteiger partial charge is 0.101 e. The number of nitrogens with zero attached hydrogens (tertiary/aromatic N) is 1. The second kappa shape index (κ2) is 6.91. The average molecular weight is 154 g/mol. The van der Waals surface area contributed by atoms with Gasteiger partial charge in [0.15, 0.2) is 0 Å². The number of rotatable bonds is 2. The summed E-state index contributed by atoms with van der Waals surface area (Å²) in [6.45, 7) is 1.11. The summed E-state index contributed by atoms with van der Waals surface area (Å²) in [5.74, 6) is 0. The summed E-state index contributed by atoms with van der Waals surface area (Å²) in [6, 6.07) is 0. The van der Waals surface area contributed by atoms with Gasteiger partial charge in [0, 0.05) is 0 Å². The minimum Gasteiger partial charge on any atom is -0.391 e. The van der Waals surface area contributed by atoms with Gasteiger partial charge in [0.1, 0.15) is 6.54 Å². The molecule has 10 heavy (non-hydrogen) atoms. The van der Waals surface area contributed by atoms with Crippen molar-refractivity contribution in [1.29, 1.82) is 0 Å². The third-order valence-corrected chi connectivity index (χ3v) is 0.771. The first kappa shape index (κ1) is 12.5. The third kappa shape index (κ3) is 25.0. The first-order chi connectivity index (χ1) is 4.47. The lowest BCUT2D eigenvalue weighted by Gasteiger charge is -2.21. The second-order valence-electron chi connectivity index (χ2n) is 2.82. The van der Waals surface area contributed by atoms with E-state index in [1.54, 1.807) is 0 Å². The van der Waals surface area contributed by atoms with Crippen molar-refractivity contribution in [3.8, 4) is 0 Å². The molecule has 5 nitrogen and oxygen atoms in total. The van der Waals surface area contributed by atoms with E-state index < -0.39 is 0 Å².